The number of hydrogen-bond acceptors (Lipinski definition) is 5. The van der Waals surface area contributed by atoms with Crippen molar-refractivity contribution in [2.45, 2.75) is 31.1 Å². The van der Waals surface area contributed by atoms with E-state index in [4.69, 9.17) is 11.6 Å². The number of rotatable bonds is 7. The number of aryl methyl sites for hydroxylation is 1. The number of nitrogens with one attached hydrogen (secondary N) is 1. The van der Waals surface area contributed by atoms with Gasteiger partial charge in [-0.3, -0.25) is 10.1 Å². The lowest BCUT2D eigenvalue weighted by molar-refractivity contribution is -0.113. The zero-order chi connectivity index (χ0) is 15.1. The van der Waals surface area contributed by atoms with Gasteiger partial charge in [0.1, 0.15) is 5.01 Å². The van der Waals surface area contributed by atoms with Gasteiger partial charge in [-0.25, -0.2) is 0 Å². The number of amides is 1. The molecule has 21 heavy (non-hydrogen) atoms. The maximum atomic E-state index is 11.9. The summed E-state index contributed by atoms with van der Waals surface area (Å²) in [6.07, 6.45) is 3.14. The lowest BCUT2D eigenvalue weighted by atomic mass is 10.3. The van der Waals surface area contributed by atoms with E-state index < -0.39 is 0 Å². The van der Waals surface area contributed by atoms with Gasteiger partial charge in [0.25, 0.3) is 0 Å². The number of nitrogens with zero attached hydrogens (tertiary/aromatic N) is 2. The third kappa shape index (κ3) is 5.65. The molecular formula is C14H16ClN3OS2. The predicted molar refractivity (Wildman–Crippen MR) is 89.3 cm³/mol. The molecule has 0 radical (unpaired) electrons. The molecule has 0 bridgehead atoms. The second-order valence-electron chi connectivity index (χ2n) is 4.40. The molecule has 0 saturated heterocycles. The quantitative estimate of drug-likeness (QED) is 0.764. The smallest absolute Gasteiger partial charge is 0.236 e. The number of halogens is 1. The van der Waals surface area contributed by atoms with Crippen molar-refractivity contribution in [3.05, 3.63) is 34.3 Å². The first kappa shape index (κ1) is 16.3. The van der Waals surface area contributed by atoms with Crippen LogP contribution >= 0.6 is 34.7 Å². The summed E-state index contributed by atoms with van der Waals surface area (Å²) in [5, 5.41) is 13.1. The summed E-state index contributed by atoms with van der Waals surface area (Å²) in [4.78, 5) is 12.9. The van der Waals surface area contributed by atoms with Gasteiger partial charge in [0.15, 0.2) is 0 Å². The van der Waals surface area contributed by atoms with Gasteiger partial charge in [0.05, 0.1) is 5.75 Å². The van der Waals surface area contributed by atoms with Gasteiger partial charge >= 0.3 is 0 Å². The highest BCUT2D eigenvalue weighted by atomic mass is 35.5. The summed E-state index contributed by atoms with van der Waals surface area (Å²) in [5.74, 6) is 0.263. The fraction of sp³-hybridized carbons (Fsp3) is 0.357. The first-order valence-corrected chi connectivity index (χ1v) is 8.86. The van der Waals surface area contributed by atoms with Crippen LogP contribution in [0.4, 0.5) is 5.13 Å². The Balaban J connectivity index is 1.78. The Morgan fingerprint density at radius 3 is 2.81 bits per heavy atom. The molecule has 0 saturated carbocycles. The Morgan fingerprint density at radius 2 is 2.10 bits per heavy atom. The second kappa shape index (κ2) is 8.36. The second-order valence-corrected chi connectivity index (χ2v) is 6.94. The largest absolute Gasteiger partial charge is 0.300 e. The molecule has 7 heteroatoms. The standard InChI is InChI=1S/C14H16ClN3OS2/c1-2-3-4-13-17-18-14(21-13)16-12(19)9-20-11-7-5-10(15)6-8-11/h5-8H,2-4,9H2,1H3,(H,16,18,19). The van der Waals surface area contributed by atoms with Gasteiger partial charge in [0, 0.05) is 16.3 Å². The van der Waals surface area contributed by atoms with Gasteiger partial charge < -0.3 is 0 Å². The van der Waals surface area contributed by atoms with Crippen molar-refractivity contribution >= 4 is 45.7 Å². The first-order chi connectivity index (χ1) is 10.2. The average Bonchev–Trinajstić information content (AvgIpc) is 2.92. The monoisotopic (exact) mass is 341 g/mol. The van der Waals surface area contributed by atoms with Gasteiger partial charge in [-0.1, -0.05) is 36.3 Å². The molecule has 112 valence electrons. The molecule has 0 unspecified atom stereocenters. The molecule has 0 fully saturated rings. The lowest BCUT2D eigenvalue weighted by Gasteiger charge is -2.01. The highest BCUT2D eigenvalue weighted by molar-refractivity contribution is 8.00. The number of aromatic nitrogens is 2. The van der Waals surface area contributed by atoms with Crippen molar-refractivity contribution < 1.29 is 4.79 Å². The maximum absolute atomic E-state index is 11.9. The molecule has 1 N–H and O–H groups in total. The zero-order valence-electron chi connectivity index (χ0n) is 11.6. The molecule has 0 aliphatic carbocycles. The Bertz CT molecular complexity index is 586. The van der Waals surface area contributed by atoms with Crippen molar-refractivity contribution in [2.24, 2.45) is 0 Å². The molecular weight excluding hydrogens is 326 g/mol. The van der Waals surface area contributed by atoms with Crippen LogP contribution in [0.15, 0.2) is 29.2 Å². The van der Waals surface area contributed by atoms with Gasteiger partial charge in [0.2, 0.25) is 11.0 Å². The number of unbranched alkanes of at least 4 members (excludes halogenated alkanes) is 1. The molecule has 0 aliphatic heterocycles. The topological polar surface area (TPSA) is 54.9 Å². The number of carbonyl (C=O) groups excluding carboxylic acids is 1. The molecule has 2 aromatic rings. The minimum atomic E-state index is -0.0758. The van der Waals surface area contributed by atoms with E-state index in [1.54, 1.807) is 0 Å². The molecule has 1 aromatic heterocycles. The SMILES string of the molecule is CCCCc1nnc(NC(=O)CSc2ccc(Cl)cc2)s1. The molecule has 0 aliphatic rings. The van der Waals surface area contributed by atoms with Crippen molar-refractivity contribution in [3.8, 4) is 0 Å². The van der Waals surface area contributed by atoms with Crippen LogP contribution < -0.4 is 5.32 Å². The number of thioether (sulfide) groups is 1. The highest BCUT2D eigenvalue weighted by Crippen LogP contribution is 2.21. The Kier molecular flexibility index (Phi) is 6.48. The zero-order valence-corrected chi connectivity index (χ0v) is 14.0. The van der Waals surface area contributed by atoms with E-state index in [1.165, 1.54) is 23.1 Å². The van der Waals surface area contributed by atoms with Crippen LogP contribution in [0.5, 0.6) is 0 Å². The van der Waals surface area contributed by atoms with Crippen molar-refractivity contribution in [1.82, 2.24) is 10.2 Å². The third-order valence-electron chi connectivity index (χ3n) is 2.64. The summed E-state index contributed by atoms with van der Waals surface area (Å²) in [6.45, 7) is 2.14. The Hall–Kier alpha value is -1.11. The summed E-state index contributed by atoms with van der Waals surface area (Å²) < 4.78 is 0. The molecule has 1 aromatic carbocycles. The summed E-state index contributed by atoms with van der Waals surface area (Å²) in [6, 6.07) is 7.42. The molecule has 4 nitrogen and oxygen atoms in total. The predicted octanol–water partition coefficient (Wildman–Crippen LogP) is 4.26. The molecule has 1 heterocycles. The van der Waals surface area contributed by atoms with E-state index in [-0.39, 0.29) is 5.91 Å². The minimum Gasteiger partial charge on any atom is -0.300 e. The van der Waals surface area contributed by atoms with Gasteiger partial charge in [-0.2, -0.15) is 0 Å². The third-order valence-corrected chi connectivity index (χ3v) is 4.80. The van der Waals surface area contributed by atoms with E-state index >= 15 is 0 Å². The Morgan fingerprint density at radius 1 is 1.33 bits per heavy atom. The number of carbonyl (C=O) groups is 1. The summed E-state index contributed by atoms with van der Waals surface area (Å²) in [5.41, 5.74) is 0. The summed E-state index contributed by atoms with van der Waals surface area (Å²) in [7, 11) is 0. The van der Waals surface area contributed by atoms with Crippen LogP contribution in [-0.2, 0) is 11.2 Å². The van der Waals surface area contributed by atoms with E-state index in [2.05, 4.69) is 22.4 Å². The molecule has 2 rings (SSSR count). The van der Waals surface area contributed by atoms with E-state index in [0.717, 1.165) is 29.2 Å². The lowest BCUT2D eigenvalue weighted by Crippen LogP contribution is -2.13. The molecule has 0 atom stereocenters. The fourth-order valence-electron chi connectivity index (χ4n) is 1.57. The number of anilines is 1. The van der Waals surface area contributed by atoms with E-state index in [1.807, 2.05) is 24.3 Å². The highest BCUT2D eigenvalue weighted by Gasteiger charge is 2.08. The van der Waals surface area contributed by atoms with Crippen molar-refractivity contribution in [1.29, 1.82) is 0 Å². The Labute approximate surface area is 137 Å². The van der Waals surface area contributed by atoms with E-state index in [0.29, 0.717) is 15.9 Å². The minimum absolute atomic E-state index is 0.0758. The van der Waals surface area contributed by atoms with E-state index in [9.17, 15) is 4.79 Å². The normalized spacial score (nSPS) is 10.6. The molecule has 1 amide bonds. The summed E-state index contributed by atoms with van der Waals surface area (Å²) >= 11 is 8.72. The fourth-order valence-corrected chi connectivity index (χ4v) is 3.19. The van der Waals surface area contributed by atoms with Crippen LogP contribution in [0.3, 0.4) is 0 Å². The number of hydrogen-bond donors (Lipinski definition) is 1. The van der Waals surface area contributed by atoms with Gasteiger partial charge in [-0.05, 0) is 30.7 Å². The van der Waals surface area contributed by atoms with Crippen molar-refractivity contribution in [2.75, 3.05) is 11.1 Å². The van der Waals surface area contributed by atoms with Crippen LogP contribution in [0.1, 0.15) is 24.8 Å². The maximum Gasteiger partial charge on any atom is 0.236 e. The van der Waals surface area contributed by atoms with Crippen LogP contribution in [0.2, 0.25) is 5.02 Å². The van der Waals surface area contributed by atoms with Gasteiger partial charge in [-0.15, -0.1) is 22.0 Å². The number of benzene rings is 1. The van der Waals surface area contributed by atoms with Crippen LogP contribution in [-0.4, -0.2) is 21.9 Å². The van der Waals surface area contributed by atoms with Crippen LogP contribution in [0.25, 0.3) is 0 Å². The van der Waals surface area contributed by atoms with Crippen LogP contribution in [0, 0.1) is 0 Å². The molecule has 0 spiro atoms. The first-order valence-electron chi connectivity index (χ1n) is 6.68. The average molecular weight is 342 g/mol. The van der Waals surface area contributed by atoms with Crippen molar-refractivity contribution in [3.63, 3.8) is 0 Å².